The molecular weight excluding hydrogens is 334 g/mol. The van der Waals surface area contributed by atoms with Crippen LogP contribution in [0.15, 0.2) is 42.5 Å². The lowest BCUT2D eigenvalue weighted by Crippen LogP contribution is -2.59. The lowest BCUT2D eigenvalue weighted by Gasteiger charge is -2.42. The Balaban J connectivity index is 1.62. The third-order valence-electron chi connectivity index (χ3n) is 3.96. The van der Waals surface area contributed by atoms with Crippen LogP contribution in [0.1, 0.15) is 15.9 Å². The molecule has 2 aromatic carbocycles. The van der Waals surface area contributed by atoms with Gasteiger partial charge < -0.3 is 10.1 Å². The molecule has 23 heavy (non-hydrogen) atoms. The molecule has 0 spiro atoms. The van der Waals surface area contributed by atoms with Crippen LogP contribution < -0.4 is 5.32 Å². The highest BCUT2D eigenvalue weighted by Gasteiger charge is 2.41. The molecule has 116 valence electrons. The Morgan fingerprint density at radius 2 is 2.00 bits per heavy atom. The van der Waals surface area contributed by atoms with Gasteiger partial charge in [-0.15, -0.1) is 5.10 Å². The smallest absolute Gasteiger partial charge is 0.252 e. The van der Waals surface area contributed by atoms with Crippen LogP contribution in [0.2, 0.25) is 5.02 Å². The van der Waals surface area contributed by atoms with Crippen molar-refractivity contribution in [1.82, 2.24) is 14.9 Å². The topological polar surface area (TPSA) is 64.1 Å². The van der Waals surface area contributed by atoms with E-state index in [9.17, 15) is 4.79 Å². The van der Waals surface area contributed by atoms with Crippen LogP contribution in [0.4, 0.5) is 0 Å². The molecule has 3 aromatic rings. The number of hydrogen-bond acceptors (Lipinski definition) is 5. The van der Waals surface area contributed by atoms with Gasteiger partial charge in [0.05, 0.1) is 17.9 Å². The van der Waals surface area contributed by atoms with Gasteiger partial charge in [0.1, 0.15) is 11.1 Å². The molecule has 1 aromatic heterocycles. The Bertz CT molecular complexity index is 874. The number of hydrogen-bond donors (Lipinski definition) is 1. The Morgan fingerprint density at radius 1 is 1.22 bits per heavy atom. The molecule has 1 fully saturated rings. The van der Waals surface area contributed by atoms with Crippen LogP contribution in [0.3, 0.4) is 0 Å². The van der Waals surface area contributed by atoms with Crippen molar-refractivity contribution in [3.63, 3.8) is 0 Å². The Hall–Kier alpha value is -2.02. The summed E-state index contributed by atoms with van der Waals surface area (Å²) in [6.07, 6.45) is 0. The summed E-state index contributed by atoms with van der Waals surface area (Å²) in [6.45, 7) is 0.891. The van der Waals surface area contributed by atoms with Gasteiger partial charge in [0, 0.05) is 10.6 Å². The van der Waals surface area contributed by atoms with Crippen molar-refractivity contribution < 1.29 is 9.53 Å². The summed E-state index contributed by atoms with van der Waals surface area (Å²) >= 11 is 7.25. The molecule has 4 rings (SSSR count). The first-order chi connectivity index (χ1) is 11.2. The summed E-state index contributed by atoms with van der Waals surface area (Å²) in [6, 6.07) is 12.9. The third-order valence-corrected chi connectivity index (χ3v) is 4.91. The largest absolute Gasteiger partial charge is 0.376 e. The summed E-state index contributed by atoms with van der Waals surface area (Å²) in [5, 5.41) is 7.76. The van der Waals surface area contributed by atoms with Crippen LogP contribution in [-0.4, -0.2) is 28.7 Å². The van der Waals surface area contributed by atoms with Crippen LogP contribution in [0.25, 0.3) is 10.2 Å². The van der Waals surface area contributed by atoms with Crippen LogP contribution >= 0.6 is 23.1 Å². The number of fused-ring (bicyclic) bond motifs is 1. The van der Waals surface area contributed by atoms with E-state index in [1.807, 2.05) is 30.3 Å². The first-order valence-electron chi connectivity index (χ1n) is 7.05. The average molecular weight is 346 g/mol. The van der Waals surface area contributed by atoms with Gasteiger partial charge in [-0.2, -0.15) is 0 Å². The molecule has 0 bridgehead atoms. The molecule has 0 atom stereocenters. The van der Waals surface area contributed by atoms with Crippen molar-refractivity contribution in [3.05, 3.63) is 58.6 Å². The van der Waals surface area contributed by atoms with Gasteiger partial charge in [-0.1, -0.05) is 28.2 Å². The Morgan fingerprint density at radius 3 is 2.70 bits per heavy atom. The second-order valence-electron chi connectivity index (χ2n) is 5.49. The molecule has 1 aliphatic rings. The van der Waals surface area contributed by atoms with E-state index in [0.717, 1.165) is 15.8 Å². The highest BCUT2D eigenvalue weighted by molar-refractivity contribution is 7.12. The fraction of sp³-hybridized carbons (Fsp3) is 0.188. The van der Waals surface area contributed by atoms with Crippen LogP contribution in [0.5, 0.6) is 0 Å². The van der Waals surface area contributed by atoms with Gasteiger partial charge in [0.2, 0.25) is 0 Å². The minimum absolute atomic E-state index is 0.154. The lowest BCUT2D eigenvalue weighted by molar-refractivity contribution is -0.0733. The quantitative estimate of drug-likeness (QED) is 0.792. The standard InChI is InChI=1S/C16H12ClN3O2S/c17-12-4-2-11(3-5-12)16(8-22-9-16)18-15(21)10-1-6-14-13(7-10)19-20-23-14/h1-7H,8-9H2,(H,18,21). The molecular formula is C16H12ClN3O2S. The fourth-order valence-electron chi connectivity index (χ4n) is 2.60. The van der Waals surface area contributed by atoms with E-state index in [4.69, 9.17) is 16.3 Å². The summed E-state index contributed by atoms with van der Waals surface area (Å²) < 4.78 is 10.2. The number of nitrogens with zero attached hydrogens (tertiary/aromatic N) is 2. The van der Waals surface area contributed by atoms with Crippen molar-refractivity contribution in [2.45, 2.75) is 5.54 Å². The molecule has 1 N–H and O–H groups in total. The van der Waals surface area contributed by atoms with Crippen molar-refractivity contribution in [3.8, 4) is 0 Å². The van der Waals surface area contributed by atoms with Gasteiger partial charge >= 0.3 is 0 Å². The third kappa shape index (κ3) is 2.59. The van der Waals surface area contributed by atoms with E-state index >= 15 is 0 Å². The van der Waals surface area contributed by atoms with E-state index < -0.39 is 5.54 Å². The SMILES string of the molecule is O=C(NC1(c2ccc(Cl)cc2)COC1)c1ccc2snnc2c1. The van der Waals surface area contributed by atoms with Crippen molar-refractivity contribution in [1.29, 1.82) is 0 Å². The number of carbonyl (C=O) groups excluding carboxylic acids is 1. The maximum atomic E-state index is 12.6. The number of carbonyl (C=O) groups is 1. The molecule has 7 heteroatoms. The highest BCUT2D eigenvalue weighted by Crippen LogP contribution is 2.31. The molecule has 5 nitrogen and oxygen atoms in total. The van der Waals surface area contributed by atoms with E-state index in [-0.39, 0.29) is 5.91 Å². The number of benzene rings is 2. The van der Waals surface area contributed by atoms with E-state index in [2.05, 4.69) is 14.9 Å². The zero-order chi connectivity index (χ0) is 15.9. The first-order valence-corrected chi connectivity index (χ1v) is 8.20. The highest BCUT2D eigenvalue weighted by atomic mass is 35.5. The number of aromatic nitrogens is 2. The zero-order valence-corrected chi connectivity index (χ0v) is 13.5. The number of halogens is 1. The van der Waals surface area contributed by atoms with Crippen molar-refractivity contribution >= 4 is 39.3 Å². The van der Waals surface area contributed by atoms with E-state index in [0.29, 0.717) is 23.8 Å². The molecule has 1 saturated heterocycles. The molecule has 2 heterocycles. The van der Waals surface area contributed by atoms with Crippen LogP contribution in [-0.2, 0) is 10.3 Å². The molecule has 1 amide bonds. The molecule has 0 radical (unpaired) electrons. The second kappa shape index (κ2) is 5.56. The van der Waals surface area contributed by atoms with Gasteiger partial charge in [-0.3, -0.25) is 4.79 Å². The van der Waals surface area contributed by atoms with E-state index in [1.54, 1.807) is 12.1 Å². The minimum atomic E-state index is -0.503. The average Bonchev–Trinajstić information content (AvgIpc) is 2.99. The molecule has 0 aliphatic carbocycles. The van der Waals surface area contributed by atoms with Gasteiger partial charge in [-0.25, -0.2) is 0 Å². The summed E-state index contributed by atoms with van der Waals surface area (Å²) in [4.78, 5) is 12.6. The second-order valence-corrected chi connectivity index (χ2v) is 6.71. The molecule has 0 unspecified atom stereocenters. The normalized spacial score (nSPS) is 16.0. The first kappa shape index (κ1) is 14.6. The predicted molar refractivity (Wildman–Crippen MR) is 88.8 cm³/mol. The monoisotopic (exact) mass is 345 g/mol. The minimum Gasteiger partial charge on any atom is -0.376 e. The lowest BCUT2D eigenvalue weighted by atomic mass is 9.87. The van der Waals surface area contributed by atoms with Crippen LogP contribution in [0, 0.1) is 0 Å². The maximum Gasteiger partial charge on any atom is 0.252 e. The van der Waals surface area contributed by atoms with E-state index in [1.165, 1.54) is 11.5 Å². The summed E-state index contributed by atoms with van der Waals surface area (Å²) in [5.41, 5.74) is 1.77. The predicted octanol–water partition coefficient (Wildman–Crippen LogP) is 3.00. The number of amides is 1. The molecule has 1 aliphatic heterocycles. The van der Waals surface area contributed by atoms with Crippen molar-refractivity contribution in [2.24, 2.45) is 0 Å². The molecule has 0 saturated carbocycles. The zero-order valence-electron chi connectivity index (χ0n) is 12.0. The summed E-state index contributed by atoms with van der Waals surface area (Å²) in [7, 11) is 0. The number of nitrogens with one attached hydrogen (secondary N) is 1. The maximum absolute atomic E-state index is 12.6. The van der Waals surface area contributed by atoms with Gasteiger partial charge in [0.15, 0.2) is 0 Å². The Labute approximate surface area is 141 Å². The van der Waals surface area contributed by atoms with Gasteiger partial charge in [0.25, 0.3) is 5.91 Å². The summed E-state index contributed by atoms with van der Waals surface area (Å²) in [5.74, 6) is -0.154. The van der Waals surface area contributed by atoms with Gasteiger partial charge in [-0.05, 0) is 47.4 Å². The number of rotatable bonds is 3. The fourth-order valence-corrected chi connectivity index (χ4v) is 3.26. The number of ether oxygens (including phenoxy) is 1. The van der Waals surface area contributed by atoms with Crippen molar-refractivity contribution in [2.75, 3.05) is 13.2 Å². The Kier molecular flexibility index (Phi) is 3.52.